The lowest BCUT2D eigenvalue weighted by Gasteiger charge is -2.15. The molecule has 1 aliphatic heterocycles. The highest BCUT2D eigenvalue weighted by Gasteiger charge is 2.30. The molecule has 2 atom stereocenters. The number of aromatic nitrogens is 3. The molecular weight excluding hydrogens is 380 g/mol. The Labute approximate surface area is 155 Å². The number of carbonyl (C=O) groups is 1. The van der Waals surface area contributed by atoms with Gasteiger partial charge in [0.2, 0.25) is 5.91 Å². The molecule has 1 aliphatic rings. The van der Waals surface area contributed by atoms with Crippen molar-refractivity contribution in [3.8, 4) is 0 Å². The summed E-state index contributed by atoms with van der Waals surface area (Å²) in [6.45, 7) is 1.79. The minimum absolute atomic E-state index is 0.0328. The first kappa shape index (κ1) is 18.4. The Balaban J connectivity index is 1.58. The third-order valence-corrected chi connectivity index (χ3v) is 7.85. The van der Waals surface area contributed by atoms with Crippen LogP contribution in [0.1, 0.15) is 24.0 Å². The molecule has 1 amide bonds. The van der Waals surface area contributed by atoms with Crippen molar-refractivity contribution in [3.63, 3.8) is 0 Å². The Morgan fingerprint density at radius 2 is 2.32 bits per heavy atom. The average molecular weight is 401 g/mol. The smallest absolute Gasteiger partial charge is 0.233 e. The summed E-state index contributed by atoms with van der Waals surface area (Å²) in [6, 6.07) is 3.77. The van der Waals surface area contributed by atoms with E-state index < -0.39 is 9.84 Å². The number of thiophene rings is 1. The maximum absolute atomic E-state index is 12.3. The number of sulfone groups is 1. The summed E-state index contributed by atoms with van der Waals surface area (Å²) in [7, 11) is -1.11. The summed E-state index contributed by atoms with van der Waals surface area (Å²) in [4.78, 5) is 13.5. The van der Waals surface area contributed by atoms with Crippen molar-refractivity contribution in [2.45, 2.75) is 36.2 Å². The van der Waals surface area contributed by atoms with Gasteiger partial charge in [-0.3, -0.25) is 4.79 Å². The Morgan fingerprint density at radius 1 is 1.52 bits per heavy atom. The number of hydrogen-bond donors (Lipinski definition) is 1. The van der Waals surface area contributed by atoms with Gasteiger partial charge in [-0.1, -0.05) is 17.8 Å². The van der Waals surface area contributed by atoms with Crippen molar-refractivity contribution in [1.29, 1.82) is 0 Å². The molecule has 2 aromatic heterocycles. The second-order valence-corrected chi connectivity index (χ2v) is 10.7. The molecule has 1 N–H and O–H groups in total. The zero-order valence-corrected chi connectivity index (χ0v) is 16.5. The summed E-state index contributed by atoms with van der Waals surface area (Å²) in [6.07, 6.45) is 1.20. The van der Waals surface area contributed by atoms with Crippen LogP contribution in [0, 0.1) is 0 Å². The lowest BCUT2D eigenvalue weighted by Crippen LogP contribution is -2.40. The second-order valence-electron chi connectivity index (χ2n) is 6.08. The van der Waals surface area contributed by atoms with Crippen LogP contribution < -0.4 is 5.32 Å². The molecule has 10 heteroatoms. The molecule has 1 fully saturated rings. The molecule has 1 saturated heterocycles. The third kappa shape index (κ3) is 4.62. The quantitative estimate of drug-likeness (QED) is 0.734. The molecule has 0 saturated carbocycles. The maximum Gasteiger partial charge on any atom is 0.233 e. The number of rotatable bonds is 6. The fourth-order valence-electron chi connectivity index (χ4n) is 2.61. The standard InChI is InChI=1S/C15H20N4O3S3/c1-10(14(20)16-11-5-7-25(21,22)9-11)24-15-18-17-13(19(15)2)8-12-4-3-6-23-12/h3-4,6,10-11H,5,7-9H2,1-2H3,(H,16,20)/t10-,11+/m1/s1. The summed E-state index contributed by atoms with van der Waals surface area (Å²) in [5.74, 6) is 0.856. The first-order chi connectivity index (χ1) is 11.8. The molecule has 0 aromatic carbocycles. The molecule has 2 aromatic rings. The number of nitrogens with one attached hydrogen (secondary N) is 1. The monoisotopic (exact) mass is 400 g/mol. The van der Waals surface area contributed by atoms with Gasteiger partial charge in [0.1, 0.15) is 5.82 Å². The van der Waals surface area contributed by atoms with Crippen LogP contribution in [0.3, 0.4) is 0 Å². The highest BCUT2D eigenvalue weighted by Crippen LogP contribution is 2.23. The van der Waals surface area contributed by atoms with Crippen LogP contribution in [0.25, 0.3) is 0 Å². The van der Waals surface area contributed by atoms with Crippen molar-refractivity contribution >= 4 is 38.8 Å². The van der Waals surface area contributed by atoms with Crippen LogP contribution in [-0.2, 0) is 28.1 Å². The summed E-state index contributed by atoms with van der Waals surface area (Å²) < 4.78 is 24.9. The Morgan fingerprint density at radius 3 is 2.96 bits per heavy atom. The van der Waals surface area contributed by atoms with E-state index in [4.69, 9.17) is 0 Å². The highest BCUT2D eigenvalue weighted by atomic mass is 32.2. The zero-order chi connectivity index (χ0) is 18.0. The predicted molar refractivity (Wildman–Crippen MR) is 98.6 cm³/mol. The minimum atomic E-state index is -3.00. The normalized spacial score (nSPS) is 20.5. The van der Waals surface area contributed by atoms with Gasteiger partial charge in [0.15, 0.2) is 15.0 Å². The van der Waals surface area contributed by atoms with E-state index in [2.05, 4.69) is 21.6 Å². The molecule has 7 nitrogen and oxygen atoms in total. The lowest BCUT2D eigenvalue weighted by atomic mass is 10.2. The van der Waals surface area contributed by atoms with Crippen molar-refractivity contribution in [2.24, 2.45) is 7.05 Å². The van der Waals surface area contributed by atoms with Crippen molar-refractivity contribution in [1.82, 2.24) is 20.1 Å². The molecule has 136 valence electrons. The van der Waals surface area contributed by atoms with Crippen LogP contribution in [0.15, 0.2) is 22.7 Å². The molecule has 0 radical (unpaired) electrons. The van der Waals surface area contributed by atoms with Gasteiger partial charge < -0.3 is 9.88 Å². The van der Waals surface area contributed by atoms with Gasteiger partial charge in [-0.2, -0.15) is 0 Å². The highest BCUT2D eigenvalue weighted by molar-refractivity contribution is 8.00. The van der Waals surface area contributed by atoms with Crippen molar-refractivity contribution in [2.75, 3.05) is 11.5 Å². The van der Waals surface area contributed by atoms with Gasteiger partial charge in [-0.15, -0.1) is 21.5 Å². The number of hydrogen-bond acceptors (Lipinski definition) is 7. The van der Waals surface area contributed by atoms with Crippen LogP contribution in [0.2, 0.25) is 0 Å². The third-order valence-electron chi connectivity index (χ3n) is 4.07. The van der Waals surface area contributed by atoms with E-state index in [0.717, 1.165) is 5.82 Å². The van der Waals surface area contributed by atoms with Crippen LogP contribution in [0.4, 0.5) is 0 Å². The number of carbonyl (C=O) groups excluding carboxylic acids is 1. The number of amides is 1. The zero-order valence-electron chi connectivity index (χ0n) is 14.0. The lowest BCUT2D eigenvalue weighted by molar-refractivity contribution is -0.120. The first-order valence-electron chi connectivity index (χ1n) is 7.92. The van der Waals surface area contributed by atoms with Crippen molar-refractivity contribution in [3.05, 3.63) is 28.2 Å². The molecule has 0 bridgehead atoms. The van der Waals surface area contributed by atoms with Gasteiger partial charge in [-0.25, -0.2) is 8.42 Å². The molecule has 3 heterocycles. The van der Waals surface area contributed by atoms with Gasteiger partial charge in [0, 0.05) is 24.4 Å². The van der Waals surface area contributed by atoms with Gasteiger partial charge in [-0.05, 0) is 24.8 Å². The van der Waals surface area contributed by atoms with E-state index in [1.54, 1.807) is 18.3 Å². The minimum Gasteiger partial charge on any atom is -0.351 e. The van der Waals surface area contributed by atoms with E-state index in [1.807, 2.05) is 23.1 Å². The SMILES string of the molecule is C[C@@H](Sc1nnc(Cc2cccs2)n1C)C(=O)N[C@H]1CCS(=O)(=O)C1. The van der Waals surface area contributed by atoms with Crippen LogP contribution in [-0.4, -0.2) is 51.9 Å². The van der Waals surface area contributed by atoms with E-state index in [0.29, 0.717) is 18.0 Å². The van der Waals surface area contributed by atoms with Crippen LogP contribution in [0.5, 0.6) is 0 Å². The summed E-state index contributed by atoms with van der Waals surface area (Å²) in [5, 5.41) is 13.5. The molecule has 0 unspecified atom stereocenters. The molecule has 3 rings (SSSR count). The average Bonchev–Trinajstić information content (AvgIpc) is 3.25. The van der Waals surface area contributed by atoms with E-state index in [-0.39, 0.29) is 28.7 Å². The maximum atomic E-state index is 12.3. The first-order valence-corrected chi connectivity index (χ1v) is 11.5. The molecule has 0 spiro atoms. The predicted octanol–water partition coefficient (Wildman–Crippen LogP) is 1.25. The van der Waals surface area contributed by atoms with E-state index in [9.17, 15) is 13.2 Å². The number of thioether (sulfide) groups is 1. The van der Waals surface area contributed by atoms with E-state index >= 15 is 0 Å². The largest absolute Gasteiger partial charge is 0.351 e. The Hall–Kier alpha value is -1.39. The Bertz CT molecular complexity index is 846. The van der Waals surface area contributed by atoms with Crippen LogP contribution >= 0.6 is 23.1 Å². The fourth-order valence-corrected chi connectivity index (χ4v) is 5.83. The summed E-state index contributed by atoms with van der Waals surface area (Å²) >= 11 is 3.00. The fraction of sp³-hybridized carbons (Fsp3) is 0.533. The Kier molecular flexibility index (Phi) is 5.49. The molecular formula is C15H20N4O3S3. The van der Waals surface area contributed by atoms with Crippen molar-refractivity contribution < 1.29 is 13.2 Å². The summed E-state index contributed by atoms with van der Waals surface area (Å²) in [5.41, 5.74) is 0. The van der Waals surface area contributed by atoms with Gasteiger partial charge in [0.25, 0.3) is 0 Å². The van der Waals surface area contributed by atoms with Gasteiger partial charge >= 0.3 is 0 Å². The second kappa shape index (κ2) is 7.46. The molecule has 25 heavy (non-hydrogen) atoms. The topological polar surface area (TPSA) is 93.9 Å². The molecule has 0 aliphatic carbocycles. The van der Waals surface area contributed by atoms with E-state index in [1.165, 1.54) is 16.6 Å². The van der Waals surface area contributed by atoms with Gasteiger partial charge in [0.05, 0.1) is 16.8 Å². The number of nitrogens with zero attached hydrogens (tertiary/aromatic N) is 3.